The fourth-order valence-electron chi connectivity index (χ4n) is 3.05. The molecular formula is C21H24N4O2S2. The predicted octanol–water partition coefficient (Wildman–Crippen LogP) is 4.83. The van der Waals surface area contributed by atoms with E-state index in [1.807, 2.05) is 51.3 Å². The second-order valence-corrected chi connectivity index (χ2v) is 8.54. The summed E-state index contributed by atoms with van der Waals surface area (Å²) < 4.78 is 5.20. The van der Waals surface area contributed by atoms with Gasteiger partial charge in [0.15, 0.2) is 10.3 Å². The van der Waals surface area contributed by atoms with Crippen LogP contribution in [0.25, 0.3) is 11.3 Å². The Hall–Kier alpha value is -2.45. The van der Waals surface area contributed by atoms with Crippen LogP contribution < -0.4 is 10.1 Å². The van der Waals surface area contributed by atoms with Gasteiger partial charge in [0, 0.05) is 28.2 Å². The van der Waals surface area contributed by atoms with Crippen molar-refractivity contribution < 1.29 is 9.53 Å². The largest absolute Gasteiger partial charge is 0.497 e. The number of amides is 1. The van der Waals surface area contributed by atoms with Crippen LogP contribution in [-0.2, 0) is 11.2 Å². The maximum atomic E-state index is 12.5. The summed E-state index contributed by atoms with van der Waals surface area (Å²) in [6.45, 7) is 5.93. The second kappa shape index (κ2) is 9.37. The number of aryl methyl sites for hydroxylation is 3. The molecule has 3 aromatic rings. The lowest BCUT2D eigenvalue weighted by Crippen LogP contribution is -2.13. The molecular weight excluding hydrogens is 404 g/mol. The molecule has 8 heteroatoms. The van der Waals surface area contributed by atoms with Crippen molar-refractivity contribution in [3.05, 3.63) is 46.1 Å². The third-order valence-electron chi connectivity index (χ3n) is 4.59. The van der Waals surface area contributed by atoms with E-state index < -0.39 is 0 Å². The number of rotatable bonds is 7. The van der Waals surface area contributed by atoms with Gasteiger partial charge in [0.25, 0.3) is 0 Å². The van der Waals surface area contributed by atoms with Gasteiger partial charge in [0.05, 0.1) is 12.8 Å². The highest BCUT2D eigenvalue weighted by molar-refractivity contribution is 7.98. The first kappa shape index (κ1) is 21.3. The van der Waals surface area contributed by atoms with E-state index in [0.29, 0.717) is 18.0 Å². The maximum absolute atomic E-state index is 12.5. The number of hydrogen-bond donors (Lipinski definition) is 1. The Labute approximate surface area is 179 Å². The molecule has 0 saturated carbocycles. The van der Waals surface area contributed by atoms with Gasteiger partial charge in [-0.3, -0.25) is 4.79 Å². The van der Waals surface area contributed by atoms with Crippen molar-refractivity contribution in [3.63, 3.8) is 0 Å². The Morgan fingerprint density at radius 2 is 1.76 bits per heavy atom. The van der Waals surface area contributed by atoms with E-state index in [-0.39, 0.29) is 5.91 Å². The fourth-order valence-corrected chi connectivity index (χ4v) is 4.36. The molecule has 0 atom stereocenters. The van der Waals surface area contributed by atoms with Gasteiger partial charge in [-0.05, 0) is 63.3 Å². The molecule has 0 aliphatic rings. The number of thiazole rings is 1. The van der Waals surface area contributed by atoms with Gasteiger partial charge in [-0.1, -0.05) is 11.8 Å². The molecule has 6 nitrogen and oxygen atoms in total. The van der Waals surface area contributed by atoms with Crippen molar-refractivity contribution in [1.29, 1.82) is 0 Å². The number of carbonyl (C=O) groups excluding carboxylic acids is 1. The van der Waals surface area contributed by atoms with E-state index in [1.165, 1.54) is 23.1 Å². The number of ether oxygens (including phenoxy) is 1. The van der Waals surface area contributed by atoms with Gasteiger partial charge in [-0.2, -0.15) is 0 Å². The van der Waals surface area contributed by atoms with E-state index in [0.717, 1.165) is 44.0 Å². The van der Waals surface area contributed by atoms with E-state index in [2.05, 4.69) is 20.3 Å². The lowest BCUT2D eigenvalue weighted by molar-refractivity contribution is -0.116. The number of methoxy groups -OCH3 is 1. The minimum absolute atomic E-state index is 0.0622. The number of thioether (sulfide) groups is 1. The van der Waals surface area contributed by atoms with E-state index in [4.69, 9.17) is 4.74 Å². The average Bonchev–Trinajstić information content (AvgIpc) is 3.07. The van der Waals surface area contributed by atoms with Crippen LogP contribution in [-0.4, -0.2) is 34.2 Å². The fraction of sp³-hybridized carbons (Fsp3) is 0.333. The Balaban J connectivity index is 1.66. The minimum atomic E-state index is -0.0622. The first-order valence-electron chi connectivity index (χ1n) is 9.21. The van der Waals surface area contributed by atoms with Gasteiger partial charge in [0.2, 0.25) is 5.91 Å². The van der Waals surface area contributed by atoms with Crippen molar-refractivity contribution >= 4 is 34.1 Å². The third kappa shape index (κ3) is 5.13. The second-order valence-electron chi connectivity index (χ2n) is 6.56. The van der Waals surface area contributed by atoms with Crippen LogP contribution >= 0.6 is 23.1 Å². The van der Waals surface area contributed by atoms with Crippen molar-refractivity contribution in [2.24, 2.45) is 0 Å². The molecule has 3 rings (SSSR count). The number of carbonyl (C=O) groups is 1. The molecule has 0 radical (unpaired) electrons. The van der Waals surface area contributed by atoms with Crippen LogP contribution in [0.4, 0.5) is 5.13 Å². The molecule has 0 spiro atoms. The Bertz CT molecular complexity index is 993. The Morgan fingerprint density at radius 1 is 1.10 bits per heavy atom. The zero-order chi connectivity index (χ0) is 21.0. The normalized spacial score (nSPS) is 10.8. The highest BCUT2D eigenvalue weighted by atomic mass is 32.2. The molecule has 0 aliphatic heterocycles. The van der Waals surface area contributed by atoms with Crippen LogP contribution in [0.1, 0.15) is 28.2 Å². The van der Waals surface area contributed by atoms with Crippen LogP contribution in [0.5, 0.6) is 5.75 Å². The zero-order valence-corrected chi connectivity index (χ0v) is 18.8. The van der Waals surface area contributed by atoms with Gasteiger partial charge in [0.1, 0.15) is 5.75 Å². The standard InChI is InChI=1S/C21H24N4O2S2/c1-12-17(13(2)23-20(22-12)28-5)10-11-18(26)24-21-25-19(14(3)29-21)15-6-8-16(27-4)9-7-15/h6-9H,10-11H2,1-5H3,(H,24,25,26). The number of hydrogen-bond acceptors (Lipinski definition) is 7. The molecule has 0 unspecified atom stereocenters. The summed E-state index contributed by atoms with van der Waals surface area (Å²) in [4.78, 5) is 27.1. The van der Waals surface area contributed by atoms with Crippen LogP contribution in [0.2, 0.25) is 0 Å². The summed E-state index contributed by atoms with van der Waals surface area (Å²) in [6.07, 6.45) is 2.92. The van der Waals surface area contributed by atoms with Crippen molar-refractivity contribution in [3.8, 4) is 17.0 Å². The molecule has 0 aliphatic carbocycles. The minimum Gasteiger partial charge on any atom is -0.497 e. The molecule has 0 fully saturated rings. The molecule has 0 saturated heterocycles. The summed E-state index contributed by atoms with van der Waals surface area (Å²) >= 11 is 3.00. The lowest BCUT2D eigenvalue weighted by atomic mass is 10.1. The van der Waals surface area contributed by atoms with E-state index in [1.54, 1.807) is 7.11 Å². The molecule has 0 bridgehead atoms. The smallest absolute Gasteiger partial charge is 0.226 e. The quantitative estimate of drug-likeness (QED) is 0.429. The van der Waals surface area contributed by atoms with Gasteiger partial charge >= 0.3 is 0 Å². The van der Waals surface area contributed by atoms with Gasteiger partial charge < -0.3 is 10.1 Å². The van der Waals surface area contributed by atoms with Gasteiger partial charge in [-0.15, -0.1) is 11.3 Å². The first-order valence-corrected chi connectivity index (χ1v) is 11.2. The Kier molecular flexibility index (Phi) is 6.87. The van der Waals surface area contributed by atoms with Crippen LogP contribution in [0, 0.1) is 20.8 Å². The highest BCUT2D eigenvalue weighted by Crippen LogP contribution is 2.31. The number of nitrogens with zero attached hydrogens (tertiary/aromatic N) is 3. The summed E-state index contributed by atoms with van der Waals surface area (Å²) in [5.41, 5.74) is 4.77. The molecule has 29 heavy (non-hydrogen) atoms. The van der Waals surface area contributed by atoms with Crippen LogP contribution in [0.3, 0.4) is 0 Å². The highest BCUT2D eigenvalue weighted by Gasteiger charge is 2.14. The van der Waals surface area contributed by atoms with E-state index in [9.17, 15) is 4.79 Å². The zero-order valence-electron chi connectivity index (χ0n) is 17.2. The summed E-state index contributed by atoms with van der Waals surface area (Å²) in [6, 6.07) is 7.75. The van der Waals surface area contributed by atoms with Gasteiger partial charge in [-0.25, -0.2) is 15.0 Å². The maximum Gasteiger partial charge on any atom is 0.226 e. The molecule has 1 aromatic carbocycles. The number of nitrogens with one attached hydrogen (secondary N) is 1. The van der Waals surface area contributed by atoms with Crippen molar-refractivity contribution in [1.82, 2.24) is 15.0 Å². The SMILES string of the molecule is COc1ccc(-c2nc(NC(=O)CCc3c(C)nc(SC)nc3C)sc2C)cc1. The van der Waals surface area contributed by atoms with Crippen LogP contribution in [0.15, 0.2) is 29.4 Å². The number of anilines is 1. The molecule has 2 aromatic heterocycles. The average molecular weight is 429 g/mol. The third-order valence-corrected chi connectivity index (χ3v) is 6.03. The summed E-state index contributed by atoms with van der Waals surface area (Å²) in [7, 11) is 1.64. The molecule has 152 valence electrons. The molecule has 1 N–H and O–H groups in total. The number of aromatic nitrogens is 3. The monoisotopic (exact) mass is 428 g/mol. The Morgan fingerprint density at radius 3 is 2.34 bits per heavy atom. The van der Waals surface area contributed by atoms with Crippen molar-refractivity contribution in [2.75, 3.05) is 18.7 Å². The van der Waals surface area contributed by atoms with Crippen molar-refractivity contribution in [2.45, 2.75) is 38.8 Å². The summed E-state index contributed by atoms with van der Waals surface area (Å²) in [5, 5.41) is 4.30. The number of benzene rings is 1. The molecule has 2 heterocycles. The lowest BCUT2D eigenvalue weighted by Gasteiger charge is -2.09. The summed E-state index contributed by atoms with van der Waals surface area (Å²) in [5.74, 6) is 0.739. The predicted molar refractivity (Wildman–Crippen MR) is 119 cm³/mol. The topological polar surface area (TPSA) is 77.0 Å². The van der Waals surface area contributed by atoms with E-state index >= 15 is 0 Å². The first-order chi connectivity index (χ1) is 13.9. The molecule has 1 amide bonds.